The highest BCUT2D eigenvalue weighted by atomic mass is 28.3. The van der Waals surface area contributed by atoms with E-state index in [1.54, 1.807) is 6.07 Å². The van der Waals surface area contributed by atoms with Crippen LogP contribution in [0.4, 0.5) is 4.79 Å². The zero-order valence-corrected chi connectivity index (χ0v) is 10.4. The highest BCUT2D eigenvalue weighted by molar-refractivity contribution is 6.89. The van der Waals surface area contributed by atoms with E-state index in [-0.39, 0.29) is 0 Å². The van der Waals surface area contributed by atoms with Crippen LogP contribution in [0, 0.1) is 0 Å². The second kappa shape index (κ2) is 4.48. The largest absolute Gasteiger partial charge is 0.411 e. The molecule has 0 aliphatic rings. The van der Waals surface area contributed by atoms with Crippen molar-refractivity contribution in [2.75, 3.05) is 0 Å². The zero-order chi connectivity index (χ0) is 11.5. The fraction of sp³-hybridized carbons (Fsp3) is 0.364. The van der Waals surface area contributed by atoms with E-state index in [4.69, 9.17) is 10.5 Å². The molecule has 0 saturated carbocycles. The first-order valence-electron chi connectivity index (χ1n) is 5.03. The summed E-state index contributed by atoms with van der Waals surface area (Å²) in [5, 5.41) is 1.28. The third-order valence-corrected chi connectivity index (χ3v) is 6.36. The van der Waals surface area contributed by atoms with Gasteiger partial charge in [0, 0.05) is 0 Å². The molecule has 0 heterocycles. The van der Waals surface area contributed by atoms with Crippen LogP contribution in [0.15, 0.2) is 24.3 Å². The molecule has 0 aliphatic heterocycles. The molecule has 4 heteroatoms. The SMILES string of the molecule is CC[Si](C)(C)c1cccc(OC(N)=O)c1. The Morgan fingerprint density at radius 3 is 2.67 bits per heavy atom. The predicted molar refractivity (Wildman–Crippen MR) is 64.3 cm³/mol. The number of nitrogens with two attached hydrogens (primary N) is 1. The van der Waals surface area contributed by atoms with Crippen LogP contribution in [0.5, 0.6) is 5.75 Å². The van der Waals surface area contributed by atoms with Gasteiger partial charge >= 0.3 is 6.09 Å². The van der Waals surface area contributed by atoms with Crippen LogP contribution >= 0.6 is 0 Å². The summed E-state index contributed by atoms with van der Waals surface area (Å²) in [6.07, 6.45) is -0.761. The standard InChI is InChI=1S/C11H17NO2Si/c1-4-15(2,3)10-7-5-6-9(8-10)14-11(12)13/h5-8H,4H2,1-3H3,(H2,12,13). The summed E-state index contributed by atoms with van der Waals surface area (Å²) in [4.78, 5) is 10.6. The van der Waals surface area contributed by atoms with Crippen molar-refractivity contribution in [1.82, 2.24) is 0 Å². The van der Waals surface area contributed by atoms with Crippen molar-refractivity contribution in [2.24, 2.45) is 5.73 Å². The number of hydrogen-bond acceptors (Lipinski definition) is 2. The van der Waals surface area contributed by atoms with Crippen molar-refractivity contribution in [3.63, 3.8) is 0 Å². The van der Waals surface area contributed by atoms with Crippen LogP contribution in [0.1, 0.15) is 6.92 Å². The Bertz CT molecular complexity index is 363. The van der Waals surface area contributed by atoms with Gasteiger partial charge in [-0.05, 0) is 12.1 Å². The molecule has 0 aliphatic carbocycles. The van der Waals surface area contributed by atoms with Gasteiger partial charge in [-0.15, -0.1) is 0 Å². The summed E-state index contributed by atoms with van der Waals surface area (Å²) in [6.45, 7) is 6.76. The summed E-state index contributed by atoms with van der Waals surface area (Å²) < 4.78 is 4.86. The van der Waals surface area contributed by atoms with Gasteiger partial charge in [-0.3, -0.25) is 0 Å². The second-order valence-corrected chi connectivity index (χ2v) is 9.24. The van der Waals surface area contributed by atoms with Crippen LogP contribution in [0.3, 0.4) is 0 Å². The minimum atomic E-state index is -1.37. The number of primary amides is 1. The average Bonchev–Trinajstić information content (AvgIpc) is 2.17. The second-order valence-electron chi connectivity index (χ2n) is 4.19. The monoisotopic (exact) mass is 223 g/mol. The van der Waals surface area contributed by atoms with E-state index in [1.165, 1.54) is 5.19 Å². The lowest BCUT2D eigenvalue weighted by Crippen LogP contribution is -2.40. The van der Waals surface area contributed by atoms with Crippen molar-refractivity contribution in [2.45, 2.75) is 26.1 Å². The minimum absolute atomic E-state index is 0.536. The van der Waals surface area contributed by atoms with E-state index < -0.39 is 14.2 Å². The van der Waals surface area contributed by atoms with E-state index in [9.17, 15) is 4.79 Å². The highest BCUT2D eigenvalue weighted by Crippen LogP contribution is 2.14. The quantitative estimate of drug-likeness (QED) is 0.798. The highest BCUT2D eigenvalue weighted by Gasteiger charge is 2.21. The fourth-order valence-corrected chi connectivity index (χ4v) is 2.79. The average molecular weight is 223 g/mol. The third kappa shape index (κ3) is 3.09. The van der Waals surface area contributed by atoms with E-state index in [0.717, 1.165) is 6.04 Å². The van der Waals surface area contributed by atoms with Gasteiger partial charge in [0.1, 0.15) is 5.75 Å². The first-order chi connectivity index (χ1) is 6.95. The number of benzene rings is 1. The maximum absolute atomic E-state index is 10.6. The van der Waals surface area contributed by atoms with E-state index in [0.29, 0.717) is 5.75 Å². The predicted octanol–water partition coefficient (Wildman–Crippen LogP) is 2.08. The summed E-state index contributed by atoms with van der Waals surface area (Å²) >= 11 is 0. The molecule has 15 heavy (non-hydrogen) atoms. The summed E-state index contributed by atoms with van der Waals surface area (Å²) in [7, 11) is -1.37. The molecule has 0 atom stereocenters. The van der Waals surface area contributed by atoms with Crippen LogP contribution in [-0.2, 0) is 0 Å². The molecular weight excluding hydrogens is 206 g/mol. The summed E-state index contributed by atoms with van der Waals surface area (Å²) in [5.41, 5.74) is 4.97. The molecule has 1 rings (SSSR count). The fourth-order valence-electron chi connectivity index (χ4n) is 1.30. The Morgan fingerprint density at radius 2 is 2.13 bits per heavy atom. The molecule has 0 radical (unpaired) electrons. The number of rotatable bonds is 3. The normalized spacial score (nSPS) is 11.1. The zero-order valence-electron chi connectivity index (χ0n) is 9.41. The van der Waals surface area contributed by atoms with Gasteiger partial charge in [0.2, 0.25) is 0 Å². The molecule has 0 spiro atoms. The Kier molecular flexibility index (Phi) is 3.52. The Balaban J connectivity index is 2.97. The molecule has 0 fully saturated rings. The van der Waals surface area contributed by atoms with Crippen molar-refractivity contribution in [3.05, 3.63) is 24.3 Å². The van der Waals surface area contributed by atoms with Crippen LogP contribution in [-0.4, -0.2) is 14.2 Å². The molecule has 0 unspecified atom stereocenters. The maximum Gasteiger partial charge on any atom is 0.409 e. The molecule has 0 bridgehead atoms. The summed E-state index contributed by atoms with van der Waals surface area (Å²) in [6, 6.07) is 8.81. The number of ether oxygens (including phenoxy) is 1. The van der Waals surface area contributed by atoms with Gasteiger partial charge in [0.25, 0.3) is 0 Å². The molecular formula is C11H17NO2Si. The first-order valence-corrected chi connectivity index (χ1v) is 8.24. The Morgan fingerprint density at radius 1 is 1.47 bits per heavy atom. The van der Waals surface area contributed by atoms with Gasteiger partial charge in [-0.1, -0.05) is 43.4 Å². The molecule has 1 amide bonds. The van der Waals surface area contributed by atoms with E-state index >= 15 is 0 Å². The molecule has 1 aromatic carbocycles. The molecule has 3 nitrogen and oxygen atoms in total. The van der Waals surface area contributed by atoms with Gasteiger partial charge in [0.15, 0.2) is 0 Å². The maximum atomic E-state index is 10.6. The molecule has 0 aromatic heterocycles. The van der Waals surface area contributed by atoms with Crippen LogP contribution in [0.25, 0.3) is 0 Å². The molecule has 82 valence electrons. The van der Waals surface area contributed by atoms with Gasteiger partial charge < -0.3 is 10.5 Å². The third-order valence-electron chi connectivity index (χ3n) is 2.72. The lowest BCUT2D eigenvalue weighted by atomic mass is 10.3. The van der Waals surface area contributed by atoms with Crippen LogP contribution in [0.2, 0.25) is 19.1 Å². The topological polar surface area (TPSA) is 52.3 Å². The van der Waals surface area contributed by atoms with Gasteiger partial charge in [0.05, 0.1) is 8.07 Å². The van der Waals surface area contributed by atoms with Gasteiger partial charge in [-0.2, -0.15) is 0 Å². The molecule has 0 saturated heterocycles. The van der Waals surface area contributed by atoms with E-state index in [2.05, 4.69) is 26.1 Å². The van der Waals surface area contributed by atoms with Crippen molar-refractivity contribution < 1.29 is 9.53 Å². The van der Waals surface area contributed by atoms with Crippen molar-refractivity contribution in [1.29, 1.82) is 0 Å². The summed E-state index contributed by atoms with van der Waals surface area (Å²) in [5.74, 6) is 0.536. The lowest BCUT2D eigenvalue weighted by Gasteiger charge is -2.21. The smallest absolute Gasteiger partial charge is 0.409 e. The number of hydrogen-bond donors (Lipinski definition) is 1. The van der Waals surface area contributed by atoms with Gasteiger partial charge in [-0.25, -0.2) is 4.79 Å². The number of carbonyl (C=O) groups is 1. The van der Waals surface area contributed by atoms with Crippen molar-refractivity contribution in [3.8, 4) is 5.75 Å². The Hall–Kier alpha value is -1.29. The number of amides is 1. The van der Waals surface area contributed by atoms with Crippen molar-refractivity contribution >= 4 is 19.4 Å². The lowest BCUT2D eigenvalue weighted by molar-refractivity contribution is 0.211. The number of carbonyl (C=O) groups excluding carboxylic acids is 1. The van der Waals surface area contributed by atoms with E-state index in [1.807, 2.05) is 12.1 Å². The van der Waals surface area contributed by atoms with Crippen LogP contribution < -0.4 is 15.7 Å². The molecule has 2 N–H and O–H groups in total. The molecule has 1 aromatic rings. The minimum Gasteiger partial charge on any atom is -0.411 e. The Labute approximate surface area is 91.3 Å². The first kappa shape index (κ1) is 11.8.